The Morgan fingerprint density at radius 2 is 2.36 bits per heavy atom. The first kappa shape index (κ1) is 9.40. The molecule has 0 N–H and O–H groups in total. The van der Waals surface area contributed by atoms with Gasteiger partial charge >= 0.3 is 0 Å². The van der Waals surface area contributed by atoms with Crippen LogP contribution in [-0.4, -0.2) is 15.4 Å². The molecule has 0 unspecified atom stereocenters. The fourth-order valence-corrected chi connectivity index (χ4v) is 1.90. The zero-order valence-electron chi connectivity index (χ0n) is 7.70. The van der Waals surface area contributed by atoms with Gasteiger partial charge < -0.3 is 0 Å². The number of carbonyl (C=O) groups excluding carboxylic acids is 1. The zero-order valence-corrected chi connectivity index (χ0v) is 9.28. The molecule has 0 aliphatic carbocycles. The predicted octanol–water partition coefficient (Wildman–Crippen LogP) is 2.23. The molecule has 0 bridgehead atoms. The normalized spacial score (nSPS) is 10.7. The van der Waals surface area contributed by atoms with Crippen molar-refractivity contribution in [2.75, 3.05) is 0 Å². The van der Waals surface area contributed by atoms with Crippen LogP contribution in [0.5, 0.6) is 0 Å². The van der Waals surface area contributed by atoms with Gasteiger partial charge in [-0.25, -0.2) is 4.52 Å². The number of aromatic nitrogens is 2. The van der Waals surface area contributed by atoms with E-state index in [9.17, 15) is 4.79 Å². The molecule has 4 heteroatoms. The number of fused-ring (bicyclic) bond motifs is 1. The molecular formula is C10H9BrN2O. The number of halogens is 1. The first-order valence-electron chi connectivity index (χ1n) is 4.29. The summed E-state index contributed by atoms with van der Waals surface area (Å²) in [6, 6.07) is 5.81. The van der Waals surface area contributed by atoms with Gasteiger partial charge in [-0.1, -0.05) is 6.07 Å². The van der Waals surface area contributed by atoms with Gasteiger partial charge in [0.05, 0.1) is 22.1 Å². The molecule has 0 amide bonds. The molecule has 0 aliphatic rings. The standard InChI is InChI=1S/C10H9BrN2O/c1-7(14)6-8-10(11)9-4-2-3-5-13(9)12-8/h2-5H,6H2,1H3. The van der Waals surface area contributed by atoms with Crippen molar-refractivity contribution in [2.45, 2.75) is 13.3 Å². The summed E-state index contributed by atoms with van der Waals surface area (Å²) in [5.74, 6) is 0.120. The van der Waals surface area contributed by atoms with E-state index in [1.807, 2.05) is 24.4 Å². The molecule has 2 aromatic heterocycles. The highest BCUT2D eigenvalue weighted by molar-refractivity contribution is 9.10. The van der Waals surface area contributed by atoms with E-state index in [-0.39, 0.29) is 5.78 Å². The summed E-state index contributed by atoms with van der Waals surface area (Å²) in [4.78, 5) is 11.0. The second-order valence-corrected chi connectivity index (χ2v) is 3.96. The number of hydrogen-bond donors (Lipinski definition) is 0. The SMILES string of the molecule is CC(=O)Cc1nn2ccccc2c1Br. The molecule has 0 spiro atoms. The Hall–Kier alpha value is -1.16. The van der Waals surface area contributed by atoms with Gasteiger partial charge in [0, 0.05) is 6.20 Å². The lowest BCUT2D eigenvalue weighted by molar-refractivity contribution is -0.116. The molecule has 0 aromatic carbocycles. The van der Waals surface area contributed by atoms with E-state index in [0.717, 1.165) is 15.7 Å². The van der Waals surface area contributed by atoms with Gasteiger partial charge in [-0.15, -0.1) is 0 Å². The molecule has 0 aliphatic heterocycles. The Bertz CT molecular complexity index is 490. The molecule has 2 heterocycles. The van der Waals surface area contributed by atoms with Crippen LogP contribution in [0.1, 0.15) is 12.6 Å². The van der Waals surface area contributed by atoms with Crippen molar-refractivity contribution in [3.05, 3.63) is 34.6 Å². The second-order valence-electron chi connectivity index (χ2n) is 3.17. The fraction of sp³-hybridized carbons (Fsp3) is 0.200. The summed E-state index contributed by atoms with van der Waals surface area (Å²) < 4.78 is 2.68. The monoisotopic (exact) mass is 252 g/mol. The largest absolute Gasteiger partial charge is 0.300 e. The van der Waals surface area contributed by atoms with Gasteiger partial charge in [0.25, 0.3) is 0 Å². The van der Waals surface area contributed by atoms with Gasteiger partial charge in [-0.3, -0.25) is 4.79 Å². The van der Waals surface area contributed by atoms with Crippen molar-refractivity contribution >= 4 is 27.2 Å². The summed E-state index contributed by atoms with van der Waals surface area (Å²) >= 11 is 3.44. The second kappa shape index (κ2) is 3.53. The van der Waals surface area contributed by atoms with E-state index in [1.54, 1.807) is 11.4 Å². The van der Waals surface area contributed by atoms with Gasteiger partial charge in [0.2, 0.25) is 0 Å². The fourth-order valence-electron chi connectivity index (χ4n) is 1.37. The highest BCUT2D eigenvalue weighted by atomic mass is 79.9. The molecule has 0 saturated carbocycles. The average molecular weight is 253 g/mol. The maximum absolute atomic E-state index is 11.0. The van der Waals surface area contributed by atoms with Crippen molar-refractivity contribution in [1.29, 1.82) is 0 Å². The maximum Gasteiger partial charge on any atom is 0.135 e. The van der Waals surface area contributed by atoms with Gasteiger partial charge in [0.1, 0.15) is 5.78 Å². The van der Waals surface area contributed by atoms with E-state index >= 15 is 0 Å². The minimum Gasteiger partial charge on any atom is -0.300 e. The summed E-state index contributed by atoms with van der Waals surface area (Å²) in [5.41, 5.74) is 1.78. The highest BCUT2D eigenvalue weighted by Gasteiger charge is 2.10. The Kier molecular flexibility index (Phi) is 2.37. The Labute approximate surface area is 89.9 Å². The lowest BCUT2D eigenvalue weighted by atomic mass is 10.2. The van der Waals surface area contributed by atoms with Crippen LogP contribution >= 0.6 is 15.9 Å². The quantitative estimate of drug-likeness (QED) is 0.822. The molecule has 72 valence electrons. The number of nitrogens with zero attached hydrogens (tertiary/aromatic N) is 2. The van der Waals surface area contributed by atoms with Crippen molar-refractivity contribution in [2.24, 2.45) is 0 Å². The average Bonchev–Trinajstić information content (AvgIpc) is 2.44. The lowest BCUT2D eigenvalue weighted by Gasteiger charge is -1.89. The van der Waals surface area contributed by atoms with E-state index in [0.29, 0.717) is 6.42 Å². The summed E-state index contributed by atoms with van der Waals surface area (Å²) in [5, 5.41) is 4.30. The first-order valence-corrected chi connectivity index (χ1v) is 5.09. The number of pyridine rings is 1. The summed E-state index contributed by atoms with van der Waals surface area (Å²) in [6.07, 6.45) is 2.24. The number of Topliss-reactive ketones (excluding diaryl/α,β-unsaturated/α-hetero) is 1. The highest BCUT2D eigenvalue weighted by Crippen LogP contribution is 2.22. The van der Waals surface area contributed by atoms with E-state index in [1.165, 1.54) is 0 Å². The van der Waals surface area contributed by atoms with Crippen LogP contribution in [0.2, 0.25) is 0 Å². The third-order valence-corrected chi connectivity index (χ3v) is 2.83. The number of rotatable bonds is 2. The molecule has 2 aromatic rings. The number of hydrogen-bond acceptors (Lipinski definition) is 2. The molecule has 3 nitrogen and oxygen atoms in total. The van der Waals surface area contributed by atoms with E-state index < -0.39 is 0 Å². The molecule has 14 heavy (non-hydrogen) atoms. The van der Waals surface area contributed by atoms with Crippen LogP contribution < -0.4 is 0 Å². The first-order chi connectivity index (χ1) is 6.68. The zero-order chi connectivity index (χ0) is 10.1. The van der Waals surface area contributed by atoms with Gasteiger partial charge in [0.15, 0.2) is 0 Å². The molecule has 0 fully saturated rings. The molecule has 0 saturated heterocycles. The van der Waals surface area contributed by atoms with Gasteiger partial charge in [-0.05, 0) is 35.0 Å². The molecule has 0 atom stereocenters. The van der Waals surface area contributed by atoms with Crippen LogP contribution in [0.25, 0.3) is 5.52 Å². The van der Waals surface area contributed by atoms with Crippen LogP contribution in [-0.2, 0) is 11.2 Å². The Morgan fingerprint density at radius 3 is 3.00 bits per heavy atom. The van der Waals surface area contributed by atoms with Crippen LogP contribution in [0, 0.1) is 0 Å². The number of ketones is 1. The van der Waals surface area contributed by atoms with E-state index in [4.69, 9.17) is 0 Å². The summed E-state index contributed by atoms with van der Waals surface area (Å²) in [6.45, 7) is 1.57. The molecule has 2 rings (SSSR count). The minimum absolute atomic E-state index is 0.120. The lowest BCUT2D eigenvalue weighted by Crippen LogP contribution is -1.97. The third-order valence-electron chi connectivity index (χ3n) is 1.96. The third kappa shape index (κ3) is 1.57. The topological polar surface area (TPSA) is 34.4 Å². The van der Waals surface area contributed by atoms with Crippen molar-refractivity contribution in [1.82, 2.24) is 9.61 Å². The van der Waals surface area contributed by atoms with Crippen molar-refractivity contribution in [3.63, 3.8) is 0 Å². The van der Waals surface area contributed by atoms with E-state index in [2.05, 4.69) is 21.0 Å². The maximum atomic E-state index is 11.0. The van der Waals surface area contributed by atoms with Crippen LogP contribution in [0.15, 0.2) is 28.9 Å². The predicted molar refractivity (Wildman–Crippen MR) is 57.3 cm³/mol. The smallest absolute Gasteiger partial charge is 0.135 e. The van der Waals surface area contributed by atoms with Crippen LogP contribution in [0.3, 0.4) is 0 Å². The van der Waals surface area contributed by atoms with Crippen molar-refractivity contribution in [3.8, 4) is 0 Å². The Balaban J connectivity index is 2.57. The minimum atomic E-state index is 0.120. The van der Waals surface area contributed by atoms with Crippen molar-refractivity contribution < 1.29 is 4.79 Å². The number of carbonyl (C=O) groups is 1. The van der Waals surface area contributed by atoms with Gasteiger partial charge in [-0.2, -0.15) is 5.10 Å². The molecular weight excluding hydrogens is 244 g/mol. The Morgan fingerprint density at radius 1 is 1.57 bits per heavy atom. The molecule has 0 radical (unpaired) electrons. The summed E-state index contributed by atoms with van der Waals surface area (Å²) in [7, 11) is 0. The van der Waals surface area contributed by atoms with Crippen LogP contribution in [0.4, 0.5) is 0 Å².